The van der Waals surface area contributed by atoms with Gasteiger partial charge in [-0.05, 0) is 78.2 Å². The van der Waals surface area contributed by atoms with Crippen LogP contribution in [0.2, 0.25) is 0 Å². The number of carbonyl (C=O) groups is 3. The van der Waals surface area contributed by atoms with Crippen LogP contribution in [-0.2, 0) is 25.8 Å². The highest BCUT2D eigenvalue weighted by molar-refractivity contribution is 7.92. The van der Waals surface area contributed by atoms with Crippen molar-refractivity contribution < 1.29 is 27.9 Å². The third-order valence-electron chi connectivity index (χ3n) is 9.82. The number of fused-ring (bicyclic) bond motifs is 1. The minimum absolute atomic E-state index is 0.0647. The number of benzene rings is 1. The zero-order valence-electron chi connectivity index (χ0n) is 29.0. The number of aliphatic hydroxyl groups excluding tert-OH is 1. The molecule has 46 heavy (non-hydrogen) atoms. The number of β-amino-alcohol motifs (C(OH)–C–C–N with tert-alkyl or cyclic N) is 1. The van der Waals surface area contributed by atoms with Gasteiger partial charge in [0.1, 0.15) is 6.04 Å². The van der Waals surface area contributed by atoms with E-state index in [1.54, 1.807) is 14.0 Å². The molecule has 4 amide bonds. The van der Waals surface area contributed by atoms with E-state index in [2.05, 4.69) is 20.9 Å². The van der Waals surface area contributed by atoms with Crippen LogP contribution in [0.1, 0.15) is 79.2 Å². The summed E-state index contributed by atoms with van der Waals surface area (Å²) in [7, 11) is -2.26. The van der Waals surface area contributed by atoms with Crippen molar-refractivity contribution >= 4 is 27.7 Å². The Hall–Kier alpha value is -2.70. The number of nitrogens with one attached hydrogen (secondary N) is 3. The van der Waals surface area contributed by atoms with Gasteiger partial charge in [-0.15, -0.1) is 0 Å². The summed E-state index contributed by atoms with van der Waals surface area (Å²) in [5.41, 5.74) is 0.459. The maximum atomic E-state index is 14.0. The summed E-state index contributed by atoms with van der Waals surface area (Å²) in [5.74, 6) is 0.125. The van der Waals surface area contributed by atoms with Crippen LogP contribution in [0.15, 0.2) is 30.3 Å². The summed E-state index contributed by atoms with van der Waals surface area (Å²) in [4.78, 5) is 43.9. The van der Waals surface area contributed by atoms with Crippen LogP contribution in [0.5, 0.6) is 0 Å². The number of nitrogens with zero attached hydrogens (tertiary/aromatic N) is 2. The van der Waals surface area contributed by atoms with E-state index in [9.17, 15) is 27.9 Å². The Morgan fingerprint density at radius 1 is 1.02 bits per heavy atom. The van der Waals surface area contributed by atoms with Crippen molar-refractivity contribution in [3.63, 3.8) is 0 Å². The highest BCUT2D eigenvalue weighted by Gasteiger charge is 2.46. The molecule has 12 heteroatoms. The molecule has 1 aromatic rings. The molecule has 3 rings (SSSR count). The fourth-order valence-corrected chi connectivity index (χ4v) is 7.15. The highest BCUT2D eigenvalue weighted by atomic mass is 32.2. The van der Waals surface area contributed by atoms with E-state index >= 15 is 0 Å². The molecule has 2 aliphatic rings. The van der Waals surface area contributed by atoms with Gasteiger partial charge in [0, 0.05) is 38.5 Å². The predicted octanol–water partition coefficient (Wildman–Crippen LogP) is 2.72. The quantitative estimate of drug-likeness (QED) is 0.269. The first-order valence-electron chi connectivity index (χ1n) is 16.6. The first-order chi connectivity index (χ1) is 21.3. The van der Waals surface area contributed by atoms with Crippen LogP contribution >= 0.6 is 0 Å². The first-order valence-corrected chi connectivity index (χ1v) is 18.5. The third kappa shape index (κ3) is 9.90. The molecule has 1 saturated heterocycles. The van der Waals surface area contributed by atoms with Crippen molar-refractivity contribution in [3.05, 3.63) is 35.9 Å². The molecule has 0 aromatic heterocycles. The minimum Gasteiger partial charge on any atom is -0.390 e. The Morgan fingerprint density at radius 3 is 2.20 bits per heavy atom. The van der Waals surface area contributed by atoms with Gasteiger partial charge in [-0.25, -0.2) is 13.2 Å². The summed E-state index contributed by atoms with van der Waals surface area (Å²) in [6.07, 6.45) is 5.43. The normalized spacial score (nSPS) is 22.9. The number of sulfone groups is 1. The summed E-state index contributed by atoms with van der Waals surface area (Å²) in [5, 5.41) is 20.5. The summed E-state index contributed by atoms with van der Waals surface area (Å²) in [6.45, 7) is 11.6. The molecule has 2 fully saturated rings. The van der Waals surface area contributed by atoms with Gasteiger partial charge in [-0.3, -0.25) is 14.5 Å². The van der Waals surface area contributed by atoms with Gasteiger partial charge in [-0.1, -0.05) is 49.6 Å². The topological polar surface area (TPSA) is 148 Å². The fraction of sp³-hybridized carbons (Fsp3) is 0.735. The van der Waals surface area contributed by atoms with Crippen LogP contribution in [0.4, 0.5) is 4.79 Å². The Balaban J connectivity index is 1.93. The molecule has 11 nitrogen and oxygen atoms in total. The smallest absolute Gasteiger partial charge is 0.317 e. The highest BCUT2D eigenvalue weighted by Crippen LogP contribution is 2.39. The second-order valence-corrected chi connectivity index (χ2v) is 17.5. The SMILES string of the molecule is CCN(C)C(=O)NC(C(=O)NC(Cc1ccccc1)C(O)CN1CC2CCCCC2CC1C(=O)NC(C)(C)C)C(C)(C)S(C)(=O)=O. The van der Waals surface area contributed by atoms with E-state index in [0.29, 0.717) is 24.9 Å². The lowest BCUT2D eigenvalue weighted by Gasteiger charge is -2.47. The van der Waals surface area contributed by atoms with Crippen LogP contribution in [0.25, 0.3) is 0 Å². The van der Waals surface area contributed by atoms with Crippen LogP contribution < -0.4 is 16.0 Å². The van der Waals surface area contributed by atoms with E-state index in [1.807, 2.05) is 51.1 Å². The summed E-state index contributed by atoms with van der Waals surface area (Å²) < 4.78 is 24.1. The Morgan fingerprint density at radius 2 is 1.63 bits per heavy atom. The van der Waals surface area contributed by atoms with Gasteiger partial charge in [0.2, 0.25) is 11.8 Å². The molecule has 260 valence electrons. The molecule has 0 spiro atoms. The molecular weight excluding hydrogens is 606 g/mol. The molecule has 0 bridgehead atoms. The lowest BCUT2D eigenvalue weighted by Crippen LogP contribution is -2.65. The number of carbonyl (C=O) groups excluding carboxylic acids is 3. The molecule has 0 radical (unpaired) electrons. The average molecular weight is 664 g/mol. The van der Waals surface area contributed by atoms with Gasteiger partial charge >= 0.3 is 6.03 Å². The molecule has 1 aliphatic heterocycles. The van der Waals surface area contributed by atoms with Gasteiger partial charge < -0.3 is 26.0 Å². The van der Waals surface area contributed by atoms with Crippen molar-refractivity contribution in [1.29, 1.82) is 0 Å². The zero-order chi connectivity index (χ0) is 34.4. The molecule has 1 heterocycles. The van der Waals surface area contributed by atoms with E-state index in [-0.39, 0.29) is 18.9 Å². The van der Waals surface area contributed by atoms with E-state index in [0.717, 1.165) is 43.9 Å². The monoisotopic (exact) mass is 663 g/mol. The van der Waals surface area contributed by atoms with Crippen molar-refractivity contribution in [2.24, 2.45) is 11.8 Å². The van der Waals surface area contributed by atoms with Gasteiger partial charge in [0.05, 0.1) is 22.9 Å². The summed E-state index contributed by atoms with van der Waals surface area (Å²) >= 11 is 0. The summed E-state index contributed by atoms with van der Waals surface area (Å²) in [6, 6.07) is 6.16. The largest absolute Gasteiger partial charge is 0.390 e. The lowest BCUT2D eigenvalue weighted by atomic mass is 9.72. The molecular formula is C34H57N5O6S. The second-order valence-electron chi connectivity index (χ2n) is 14.9. The van der Waals surface area contributed by atoms with Crippen LogP contribution in [-0.4, -0.2) is 109 Å². The number of piperidine rings is 1. The van der Waals surface area contributed by atoms with Crippen molar-refractivity contribution in [1.82, 2.24) is 25.8 Å². The van der Waals surface area contributed by atoms with Crippen LogP contribution in [0, 0.1) is 11.8 Å². The third-order valence-corrected chi connectivity index (χ3v) is 12.0. The standard InChI is InChI=1S/C34H57N5O6S/c1-9-38(7)32(43)36-29(34(5,6)46(8,44)45)31(42)35-26(19-23-15-11-10-12-16-23)28(40)22-39-21-25-18-14-13-17-24(25)20-27(39)30(41)37-33(2,3)4/h10-12,15-16,24-29,40H,9,13-14,17-22H2,1-8H3,(H,35,42)(H,36,43)(H,37,41). The van der Waals surface area contributed by atoms with E-state index in [4.69, 9.17) is 0 Å². The van der Waals surface area contributed by atoms with E-state index < -0.39 is 56.3 Å². The molecule has 1 saturated carbocycles. The number of aliphatic hydroxyl groups is 1. The van der Waals surface area contributed by atoms with Crippen molar-refractivity contribution in [2.75, 3.05) is 32.9 Å². The molecule has 1 aliphatic carbocycles. The number of urea groups is 1. The van der Waals surface area contributed by atoms with E-state index in [1.165, 1.54) is 18.7 Å². The number of likely N-dealkylation sites (tertiary alicyclic amines) is 1. The number of hydrogen-bond acceptors (Lipinski definition) is 7. The Kier molecular flexibility index (Phi) is 12.7. The Bertz CT molecular complexity index is 1300. The van der Waals surface area contributed by atoms with Gasteiger partial charge in [0.25, 0.3) is 0 Å². The number of amides is 4. The maximum Gasteiger partial charge on any atom is 0.317 e. The minimum atomic E-state index is -3.81. The van der Waals surface area contributed by atoms with Gasteiger partial charge in [-0.2, -0.15) is 0 Å². The number of hydrogen-bond donors (Lipinski definition) is 4. The Labute approximate surface area is 276 Å². The van der Waals surface area contributed by atoms with Crippen molar-refractivity contribution in [3.8, 4) is 0 Å². The van der Waals surface area contributed by atoms with Crippen molar-refractivity contribution in [2.45, 2.75) is 115 Å². The fourth-order valence-electron chi connectivity index (χ4n) is 6.56. The molecule has 6 unspecified atom stereocenters. The first kappa shape index (κ1) is 37.8. The molecule has 6 atom stereocenters. The van der Waals surface area contributed by atoms with Crippen LogP contribution in [0.3, 0.4) is 0 Å². The average Bonchev–Trinajstić information content (AvgIpc) is 2.97. The molecule has 4 N–H and O–H groups in total. The lowest BCUT2D eigenvalue weighted by molar-refractivity contribution is -0.133. The molecule has 1 aromatic carbocycles. The zero-order valence-corrected chi connectivity index (χ0v) is 29.8. The number of rotatable bonds is 12. The maximum absolute atomic E-state index is 14.0. The second kappa shape index (κ2) is 15.5. The predicted molar refractivity (Wildman–Crippen MR) is 181 cm³/mol. The van der Waals surface area contributed by atoms with Gasteiger partial charge in [0.15, 0.2) is 9.84 Å².